The molecule has 0 aromatic carbocycles. The van der Waals surface area contributed by atoms with Crippen molar-refractivity contribution in [1.82, 2.24) is 0 Å². The van der Waals surface area contributed by atoms with E-state index in [-0.39, 0.29) is 39.1 Å². The van der Waals surface area contributed by atoms with Crippen molar-refractivity contribution < 1.29 is 36.1 Å². The zero-order valence-electron chi connectivity index (χ0n) is 6.14. The van der Waals surface area contributed by atoms with Crippen LogP contribution in [0.3, 0.4) is 0 Å². The Morgan fingerprint density at radius 3 is 1.00 bits per heavy atom. The fourth-order valence-corrected chi connectivity index (χ4v) is 0. The van der Waals surface area contributed by atoms with Gasteiger partial charge in [0.05, 0.1) is 0 Å². The maximum atomic E-state index is 9.30. The van der Waals surface area contributed by atoms with Crippen molar-refractivity contribution in [3.05, 3.63) is 0 Å². The summed E-state index contributed by atoms with van der Waals surface area (Å²) >= 11 is 0. The van der Waals surface area contributed by atoms with Crippen LogP contribution in [-0.4, -0.2) is 13.2 Å². The Balaban J connectivity index is -0.0000000720. The van der Waals surface area contributed by atoms with Gasteiger partial charge >= 0.3 is 0 Å². The summed E-state index contributed by atoms with van der Waals surface area (Å²) in [7, 11) is 0. The monoisotopic (exact) mass is 298 g/mol. The van der Waals surface area contributed by atoms with Crippen molar-refractivity contribution in [2.75, 3.05) is 13.2 Å². The van der Waals surface area contributed by atoms with Crippen molar-refractivity contribution in [2.24, 2.45) is 0 Å². The average molecular weight is 297 g/mol. The molecule has 3 heteroatoms. The van der Waals surface area contributed by atoms with Gasteiger partial charge in [-0.15, -0.1) is 13.2 Å². The Morgan fingerprint density at radius 2 is 1.00 bits per heavy atom. The van der Waals surface area contributed by atoms with Gasteiger partial charge < -0.3 is 10.2 Å². The first-order valence-electron chi connectivity index (χ1n) is 2.99. The van der Waals surface area contributed by atoms with Gasteiger partial charge in [-0.2, -0.15) is 0 Å². The molecule has 0 aliphatic rings. The summed E-state index contributed by atoms with van der Waals surface area (Å²) in [6.45, 7) is 3.88. The molecule has 0 aromatic rings. The van der Waals surface area contributed by atoms with Gasteiger partial charge in [-0.05, 0) is 0 Å². The van der Waals surface area contributed by atoms with E-state index in [0.29, 0.717) is 0 Å². The van der Waals surface area contributed by atoms with Crippen LogP contribution in [-0.2, 0) is 25.8 Å². The van der Waals surface area contributed by atoms with E-state index in [4.69, 9.17) is 0 Å². The molecule has 0 aliphatic carbocycles. The number of hydrogen-bond donors (Lipinski definition) is 0. The summed E-state index contributed by atoms with van der Waals surface area (Å²) in [5.74, 6) is 0. The molecule has 0 bridgehead atoms. The summed E-state index contributed by atoms with van der Waals surface area (Å²) in [5.41, 5.74) is 0. The van der Waals surface area contributed by atoms with E-state index in [0.717, 1.165) is 12.8 Å². The molecule has 0 spiro atoms. The summed E-state index contributed by atoms with van der Waals surface area (Å²) in [6, 6.07) is 0. The molecule has 0 aliphatic heterocycles. The van der Waals surface area contributed by atoms with Gasteiger partial charge in [-0.1, -0.05) is 26.7 Å². The minimum Gasteiger partial charge on any atom is -0.854 e. The summed E-state index contributed by atoms with van der Waals surface area (Å²) in [4.78, 5) is 0. The van der Waals surface area contributed by atoms with Crippen molar-refractivity contribution in [3.8, 4) is 0 Å². The van der Waals surface area contributed by atoms with E-state index in [1.54, 1.807) is 0 Å². The van der Waals surface area contributed by atoms with Crippen molar-refractivity contribution >= 4 is 0 Å². The van der Waals surface area contributed by atoms with Crippen LogP contribution in [0.25, 0.3) is 0 Å². The molecular formula is C6H14HfO2-2. The smallest absolute Gasteiger partial charge is 0 e. The van der Waals surface area contributed by atoms with Crippen LogP contribution in [0.5, 0.6) is 0 Å². The maximum absolute atomic E-state index is 9.30. The van der Waals surface area contributed by atoms with E-state index in [1.807, 2.05) is 13.8 Å². The summed E-state index contributed by atoms with van der Waals surface area (Å²) < 4.78 is 0. The minimum absolute atomic E-state index is 0. The van der Waals surface area contributed by atoms with Gasteiger partial charge in [0.1, 0.15) is 0 Å². The van der Waals surface area contributed by atoms with Crippen LogP contribution in [0, 0.1) is 0 Å². The Bertz CT molecular complexity index is 19.0. The quantitative estimate of drug-likeness (QED) is 0.646. The standard InChI is InChI=1S/2C3H7O.Hf/c2*1-2-3-4;/h2*2-3H2,1H3;/q2*-1;. The summed E-state index contributed by atoms with van der Waals surface area (Å²) in [5, 5.41) is 18.6. The molecule has 0 saturated heterocycles. The van der Waals surface area contributed by atoms with Gasteiger partial charge in [0, 0.05) is 25.8 Å². The maximum Gasteiger partial charge on any atom is 0 e. The first-order chi connectivity index (χ1) is 3.83. The minimum atomic E-state index is 0. The zero-order valence-corrected chi connectivity index (χ0v) is 9.74. The van der Waals surface area contributed by atoms with E-state index in [9.17, 15) is 10.2 Å². The molecule has 0 atom stereocenters. The second kappa shape index (κ2) is 23.2. The van der Waals surface area contributed by atoms with Gasteiger partial charge in [0.2, 0.25) is 0 Å². The van der Waals surface area contributed by atoms with Crippen LogP contribution in [0.15, 0.2) is 0 Å². The molecule has 0 unspecified atom stereocenters. The predicted octanol–water partition coefficient (Wildman–Crippen LogP) is -0.489. The topological polar surface area (TPSA) is 46.1 Å². The van der Waals surface area contributed by atoms with Crippen LogP contribution < -0.4 is 10.2 Å². The molecule has 0 amide bonds. The third kappa shape index (κ3) is 52.1. The van der Waals surface area contributed by atoms with E-state index < -0.39 is 0 Å². The number of rotatable bonds is 2. The SMILES string of the molecule is CCC[O-].CCC[O-].[Hf]. The average Bonchev–Trinajstić information content (AvgIpc) is 1.88. The largest absolute Gasteiger partial charge is 0.854 e. The third-order valence-electron chi connectivity index (χ3n) is 0.408. The molecule has 0 fully saturated rings. The third-order valence-corrected chi connectivity index (χ3v) is 0.408. The Hall–Kier alpha value is 0.790. The molecule has 0 rings (SSSR count). The van der Waals surface area contributed by atoms with Crippen LogP contribution >= 0.6 is 0 Å². The molecule has 9 heavy (non-hydrogen) atoms. The molecule has 56 valence electrons. The molecule has 2 nitrogen and oxygen atoms in total. The molecule has 0 radical (unpaired) electrons. The first kappa shape index (κ1) is 16.4. The van der Waals surface area contributed by atoms with Crippen LogP contribution in [0.1, 0.15) is 26.7 Å². The zero-order chi connectivity index (χ0) is 6.83. The van der Waals surface area contributed by atoms with E-state index in [2.05, 4.69) is 0 Å². The van der Waals surface area contributed by atoms with Crippen molar-refractivity contribution in [2.45, 2.75) is 26.7 Å². The molecule has 0 aromatic heterocycles. The van der Waals surface area contributed by atoms with Crippen LogP contribution in [0.2, 0.25) is 0 Å². The second-order valence-electron chi connectivity index (χ2n) is 1.41. The van der Waals surface area contributed by atoms with E-state index in [1.165, 1.54) is 0 Å². The number of hydrogen-bond acceptors (Lipinski definition) is 2. The Labute approximate surface area is 76.1 Å². The molecule has 0 heterocycles. The fourth-order valence-electron chi connectivity index (χ4n) is 0. The van der Waals surface area contributed by atoms with Crippen molar-refractivity contribution in [3.63, 3.8) is 0 Å². The van der Waals surface area contributed by atoms with Gasteiger partial charge in [-0.3, -0.25) is 0 Å². The normalized spacial score (nSPS) is 6.67. The predicted molar refractivity (Wildman–Crippen MR) is 30.3 cm³/mol. The molecular weight excluding hydrogens is 283 g/mol. The summed E-state index contributed by atoms with van der Waals surface area (Å²) in [6.07, 6.45) is 1.53. The van der Waals surface area contributed by atoms with E-state index >= 15 is 0 Å². The van der Waals surface area contributed by atoms with Crippen LogP contribution in [0.4, 0.5) is 0 Å². The Morgan fingerprint density at radius 1 is 0.889 bits per heavy atom. The molecule has 0 saturated carbocycles. The second-order valence-corrected chi connectivity index (χ2v) is 1.41. The first-order valence-corrected chi connectivity index (χ1v) is 2.99. The Kier molecular flexibility index (Phi) is 42.4. The van der Waals surface area contributed by atoms with Gasteiger partial charge in [-0.25, -0.2) is 0 Å². The van der Waals surface area contributed by atoms with Crippen molar-refractivity contribution in [1.29, 1.82) is 0 Å². The van der Waals surface area contributed by atoms with Gasteiger partial charge in [0.15, 0.2) is 0 Å². The fraction of sp³-hybridized carbons (Fsp3) is 1.00. The molecule has 0 N–H and O–H groups in total. The van der Waals surface area contributed by atoms with Gasteiger partial charge in [0.25, 0.3) is 0 Å².